The number of nitrogens with zero attached hydrogens (tertiary/aromatic N) is 1. The first-order valence-electron chi connectivity index (χ1n) is 8.53. The van der Waals surface area contributed by atoms with Gasteiger partial charge in [0.1, 0.15) is 6.61 Å². The number of halogens is 1. The molecule has 0 fully saturated rings. The lowest BCUT2D eigenvalue weighted by Gasteiger charge is -2.22. The smallest absolute Gasteiger partial charge is 0.410 e. The highest BCUT2D eigenvalue weighted by molar-refractivity contribution is 9.12. The summed E-state index contributed by atoms with van der Waals surface area (Å²) < 4.78 is 10.4. The summed E-state index contributed by atoms with van der Waals surface area (Å²) in [5, 5.41) is 0. The van der Waals surface area contributed by atoms with Gasteiger partial charge >= 0.3 is 12.1 Å². The minimum atomic E-state index is -0.448. The van der Waals surface area contributed by atoms with Gasteiger partial charge in [0.2, 0.25) is 0 Å². The fourth-order valence-electron chi connectivity index (χ4n) is 2.38. The maximum atomic E-state index is 12.6. The molecule has 6 heteroatoms. The second-order valence-electron chi connectivity index (χ2n) is 5.78. The van der Waals surface area contributed by atoms with Crippen LogP contribution in [0.15, 0.2) is 71.2 Å². The van der Waals surface area contributed by atoms with E-state index < -0.39 is 12.1 Å². The van der Waals surface area contributed by atoms with E-state index in [2.05, 4.69) is 20.7 Å². The summed E-state index contributed by atoms with van der Waals surface area (Å²) >= 11 is 3.17. The van der Waals surface area contributed by atoms with Gasteiger partial charge in [0.05, 0.1) is 11.6 Å². The maximum absolute atomic E-state index is 12.6. The molecule has 0 saturated carbocycles. The number of carbonyl (C=O) groups is 2. The van der Waals surface area contributed by atoms with Gasteiger partial charge in [0.15, 0.2) is 0 Å². The fourth-order valence-corrected chi connectivity index (χ4v) is 2.77. The molecule has 0 unspecified atom stereocenters. The van der Waals surface area contributed by atoms with E-state index in [0.29, 0.717) is 24.0 Å². The average molecular weight is 432 g/mol. The average Bonchev–Trinajstić information content (AvgIpc) is 2.72. The van der Waals surface area contributed by atoms with Crippen LogP contribution in [-0.2, 0) is 27.4 Å². The van der Waals surface area contributed by atoms with Gasteiger partial charge in [0.25, 0.3) is 0 Å². The summed E-state index contributed by atoms with van der Waals surface area (Å²) in [6.45, 7) is 1.05. The van der Waals surface area contributed by atoms with Gasteiger partial charge in [-0.05, 0) is 33.5 Å². The summed E-state index contributed by atoms with van der Waals surface area (Å²) in [5.41, 5.74) is 1.93. The molecule has 5 nitrogen and oxygen atoms in total. The number of esters is 1. The molecular weight excluding hydrogens is 410 g/mol. The molecule has 2 aromatic carbocycles. The van der Waals surface area contributed by atoms with Crippen LogP contribution < -0.4 is 0 Å². The highest BCUT2D eigenvalue weighted by Gasteiger charge is 2.15. The molecule has 0 heterocycles. The van der Waals surface area contributed by atoms with Crippen molar-refractivity contribution in [3.05, 3.63) is 82.3 Å². The van der Waals surface area contributed by atoms with Gasteiger partial charge < -0.3 is 14.4 Å². The molecule has 27 heavy (non-hydrogen) atoms. The van der Waals surface area contributed by atoms with E-state index >= 15 is 0 Å². The van der Waals surface area contributed by atoms with Gasteiger partial charge in [-0.15, -0.1) is 0 Å². The summed E-state index contributed by atoms with van der Waals surface area (Å²) in [6.07, 6.45) is 1.78. The number of ether oxygens (including phenoxy) is 2. The summed E-state index contributed by atoms with van der Waals surface area (Å²) in [4.78, 5) is 25.6. The summed E-state index contributed by atoms with van der Waals surface area (Å²) in [6, 6.07) is 19.2. The van der Waals surface area contributed by atoms with Crippen LogP contribution in [0, 0.1) is 0 Å². The van der Waals surface area contributed by atoms with Crippen molar-refractivity contribution in [1.29, 1.82) is 0 Å². The third-order valence-electron chi connectivity index (χ3n) is 3.78. The van der Waals surface area contributed by atoms with Gasteiger partial charge in [0, 0.05) is 13.1 Å². The Morgan fingerprint density at radius 1 is 1.00 bits per heavy atom. The molecule has 142 valence electrons. The van der Waals surface area contributed by atoms with Gasteiger partial charge in [-0.3, -0.25) is 0 Å². The predicted molar refractivity (Wildman–Crippen MR) is 107 cm³/mol. The molecule has 0 spiro atoms. The number of hydrogen-bond donors (Lipinski definition) is 0. The molecule has 0 N–H and O–H groups in total. The Labute approximate surface area is 167 Å². The van der Waals surface area contributed by atoms with E-state index in [-0.39, 0.29) is 6.61 Å². The Bertz CT molecular complexity index is 762. The third kappa shape index (κ3) is 7.27. The number of amides is 1. The van der Waals surface area contributed by atoms with Crippen LogP contribution in [-0.4, -0.2) is 30.6 Å². The molecule has 0 aliphatic carbocycles. The zero-order valence-electron chi connectivity index (χ0n) is 15.1. The summed E-state index contributed by atoms with van der Waals surface area (Å²) in [7, 11) is 1.32. The minimum absolute atomic E-state index is 0.215. The highest BCUT2D eigenvalue weighted by Crippen LogP contribution is 2.12. The van der Waals surface area contributed by atoms with Crippen molar-refractivity contribution in [2.75, 3.05) is 13.7 Å². The zero-order chi connectivity index (χ0) is 19.5. The van der Waals surface area contributed by atoms with E-state index in [4.69, 9.17) is 4.74 Å². The molecule has 0 radical (unpaired) electrons. The van der Waals surface area contributed by atoms with E-state index in [9.17, 15) is 9.59 Å². The second kappa shape index (κ2) is 11.2. The minimum Gasteiger partial charge on any atom is -0.465 e. The van der Waals surface area contributed by atoms with Crippen molar-refractivity contribution in [2.24, 2.45) is 0 Å². The SMILES string of the molecule is COC(=O)/C(Br)=C/CCN(Cc1ccccc1)C(=O)OCc1ccccc1. The van der Waals surface area contributed by atoms with Crippen molar-refractivity contribution < 1.29 is 19.1 Å². The molecule has 0 aromatic heterocycles. The molecule has 0 aliphatic rings. The molecule has 2 rings (SSSR count). The number of hydrogen-bond acceptors (Lipinski definition) is 4. The quantitative estimate of drug-likeness (QED) is 0.450. The van der Waals surface area contributed by atoms with Crippen LogP contribution in [0.4, 0.5) is 4.79 Å². The number of rotatable bonds is 8. The van der Waals surface area contributed by atoms with E-state index in [0.717, 1.165) is 11.1 Å². The number of benzene rings is 2. The van der Waals surface area contributed by atoms with Gasteiger partial charge in [-0.1, -0.05) is 66.7 Å². The van der Waals surface area contributed by atoms with E-state index in [1.54, 1.807) is 11.0 Å². The van der Waals surface area contributed by atoms with Crippen LogP contribution >= 0.6 is 15.9 Å². The molecule has 0 aliphatic heterocycles. The number of carbonyl (C=O) groups excluding carboxylic acids is 2. The zero-order valence-corrected chi connectivity index (χ0v) is 16.7. The monoisotopic (exact) mass is 431 g/mol. The Morgan fingerprint density at radius 2 is 1.59 bits per heavy atom. The molecule has 0 atom stereocenters. The van der Waals surface area contributed by atoms with Gasteiger partial charge in [-0.2, -0.15) is 0 Å². The molecule has 0 saturated heterocycles. The van der Waals surface area contributed by atoms with Crippen molar-refractivity contribution in [3.63, 3.8) is 0 Å². The van der Waals surface area contributed by atoms with Crippen molar-refractivity contribution in [3.8, 4) is 0 Å². The lowest BCUT2D eigenvalue weighted by atomic mass is 10.2. The molecule has 0 bridgehead atoms. The third-order valence-corrected chi connectivity index (χ3v) is 4.43. The summed E-state index contributed by atoms with van der Waals surface area (Å²) in [5.74, 6) is -0.448. The van der Waals surface area contributed by atoms with Crippen LogP contribution in [0.2, 0.25) is 0 Å². The molecule has 1 amide bonds. The predicted octanol–water partition coefficient (Wildman–Crippen LogP) is 4.67. The van der Waals surface area contributed by atoms with Crippen LogP contribution in [0.1, 0.15) is 17.5 Å². The van der Waals surface area contributed by atoms with Crippen molar-refractivity contribution in [2.45, 2.75) is 19.6 Å². The first-order valence-corrected chi connectivity index (χ1v) is 9.33. The van der Waals surface area contributed by atoms with E-state index in [1.165, 1.54) is 7.11 Å². The maximum Gasteiger partial charge on any atom is 0.410 e. The van der Waals surface area contributed by atoms with Crippen LogP contribution in [0.3, 0.4) is 0 Å². The molecular formula is C21H22BrNO4. The standard InChI is InChI=1S/C21H22BrNO4/c1-26-20(24)19(22)13-8-14-23(15-17-9-4-2-5-10-17)21(25)27-16-18-11-6-3-7-12-18/h2-7,9-13H,8,14-16H2,1H3/b19-13-. The van der Waals surface area contributed by atoms with E-state index in [1.807, 2.05) is 60.7 Å². The van der Waals surface area contributed by atoms with Gasteiger partial charge in [-0.25, -0.2) is 9.59 Å². The van der Waals surface area contributed by atoms with Crippen LogP contribution in [0.25, 0.3) is 0 Å². The Hall–Kier alpha value is -2.60. The Morgan fingerprint density at radius 3 is 2.19 bits per heavy atom. The number of methoxy groups -OCH3 is 1. The first-order chi connectivity index (χ1) is 13.1. The lowest BCUT2D eigenvalue weighted by Crippen LogP contribution is -2.32. The highest BCUT2D eigenvalue weighted by atomic mass is 79.9. The van der Waals surface area contributed by atoms with Crippen molar-refractivity contribution in [1.82, 2.24) is 4.90 Å². The second-order valence-corrected chi connectivity index (χ2v) is 6.63. The normalized spacial score (nSPS) is 11.0. The molecule has 2 aromatic rings. The lowest BCUT2D eigenvalue weighted by molar-refractivity contribution is -0.135. The Balaban J connectivity index is 1.99. The first kappa shape index (κ1) is 20.7. The topological polar surface area (TPSA) is 55.8 Å². The Kier molecular flexibility index (Phi) is 8.58. The fraction of sp³-hybridized carbons (Fsp3) is 0.238. The van der Waals surface area contributed by atoms with Crippen LogP contribution in [0.5, 0.6) is 0 Å². The largest absolute Gasteiger partial charge is 0.465 e. The van der Waals surface area contributed by atoms with Crippen molar-refractivity contribution >= 4 is 28.0 Å².